The standard InChI is InChI=1S/C26H34N2O5/c1-33-25-9-7-21(19-23(25)11-15-28(26(31)32)12-3-2-4-16-29)20-6-8-24-22(18-20)10-14-27(24)13-5-17-30/h6-9,16,18-19,30H,2-5,10-15,17H2,1H3,(H,31,32). The molecule has 0 spiro atoms. The van der Waals surface area contributed by atoms with Crippen LogP contribution in [0.25, 0.3) is 11.1 Å². The summed E-state index contributed by atoms with van der Waals surface area (Å²) < 4.78 is 5.54. The zero-order valence-corrected chi connectivity index (χ0v) is 19.3. The molecule has 0 fully saturated rings. The topological polar surface area (TPSA) is 90.3 Å². The molecule has 2 aromatic rings. The summed E-state index contributed by atoms with van der Waals surface area (Å²) in [5.41, 5.74) is 5.74. The Morgan fingerprint density at radius 2 is 1.91 bits per heavy atom. The van der Waals surface area contributed by atoms with Crippen molar-refractivity contribution in [3.8, 4) is 16.9 Å². The van der Waals surface area contributed by atoms with Crippen LogP contribution in [0.4, 0.5) is 10.5 Å². The molecule has 0 aromatic heterocycles. The molecular weight excluding hydrogens is 420 g/mol. The summed E-state index contributed by atoms with van der Waals surface area (Å²) in [7, 11) is 1.63. The summed E-state index contributed by atoms with van der Waals surface area (Å²) in [5.74, 6) is 0.751. The minimum Gasteiger partial charge on any atom is -0.496 e. The summed E-state index contributed by atoms with van der Waals surface area (Å²) in [6.07, 6.45) is 4.07. The van der Waals surface area contributed by atoms with Crippen LogP contribution < -0.4 is 9.64 Å². The Bertz CT molecular complexity index is 946. The van der Waals surface area contributed by atoms with Crippen molar-refractivity contribution in [3.63, 3.8) is 0 Å². The van der Waals surface area contributed by atoms with E-state index in [0.29, 0.717) is 38.8 Å². The van der Waals surface area contributed by atoms with E-state index in [1.54, 1.807) is 7.11 Å². The number of aliphatic hydroxyl groups is 1. The molecule has 0 atom stereocenters. The smallest absolute Gasteiger partial charge is 0.407 e. The van der Waals surface area contributed by atoms with Gasteiger partial charge in [-0.1, -0.05) is 12.1 Å². The number of aldehydes is 1. The molecule has 178 valence electrons. The van der Waals surface area contributed by atoms with Crippen LogP contribution in [0.15, 0.2) is 36.4 Å². The van der Waals surface area contributed by atoms with E-state index >= 15 is 0 Å². The van der Waals surface area contributed by atoms with Crippen LogP contribution >= 0.6 is 0 Å². The zero-order chi connectivity index (χ0) is 23.6. The van der Waals surface area contributed by atoms with Crippen molar-refractivity contribution in [1.29, 1.82) is 0 Å². The number of carbonyl (C=O) groups excluding carboxylic acids is 1. The highest BCUT2D eigenvalue weighted by atomic mass is 16.5. The zero-order valence-electron chi connectivity index (χ0n) is 19.3. The fourth-order valence-corrected chi connectivity index (χ4v) is 4.39. The maximum atomic E-state index is 11.6. The quantitative estimate of drug-likeness (QED) is 0.351. The van der Waals surface area contributed by atoms with Gasteiger partial charge in [0.05, 0.1) is 7.11 Å². The molecule has 0 unspecified atom stereocenters. The van der Waals surface area contributed by atoms with Crippen molar-refractivity contribution in [1.82, 2.24) is 4.90 Å². The van der Waals surface area contributed by atoms with Crippen LogP contribution in [-0.2, 0) is 17.6 Å². The lowest BCUT2D eigenvalue weighted by atomic mass is 9.98. The van der Waals surface area contributed by atoms with Crippen LogP contribution in [0.2, 0.25) is 0 Å². The van der Waals surface area contributed by atoms with E-state index in [0.717, 1.165) is 54.7 Å². The normalized spacial score (nSPS) is 12.5. The van der Waals surface area contributed by atoms with Gasteiger partial charge in [0.2, 0.25) is 0 Å². The van der Waals surface area contributed by atoms with Gasteiger partial charge in [-0.25, -0.2) is 4.79 Å². The van der Waals surface area contributed by atoms with Crippen molar-refractivity contribution in [2.45, 2.75) is 38.5 Å². The molecule has 3 rings (SSSR count). The number of unbranched alkanes of at least 4 members (excludes halogenated alkanes) is 2. The van der Waals surface area contributed by atoms with Crippen LogP contribution in [0.5, 0.6) is 5.75 Å². The number of nitrogens with zero attached hydrogens (tertiary/aromatic N) is 2. The Kier molecular flexibility index (Phi) is 9.13. The lowest BCUT2D eigenvalue weighted by molar-refractivity contribution is -0.107. The third-order valence-corrected chi connectivity index (χ3v) is 6.19. The van der Waals surface area contributed by atoms with Gasteiger partial charge >= 0.3 is 6.09 Å². The molecule has 1 aliphatic rings. The van der Waals surface area contributed by atoms with Crippen molar-refractivity contribution < 1.29 is 24.5 Å². The number of anilines is 1. The maximum absolute atomic E-state index is 11.6. The number of aliphatic hydroxyl groups excluding tert-OH is 1. The highest BCUT2D eigenvalue weighted by Crippen LogP contribution is 2.34. The molecule has 2 N–H and O–H groups in total. The minimum absolute atomic E-state index is 0.205. The number of carbonyl (C=O) groups is 2. The number of fused-ring (bicyclic) bond motifs is 1. The fraction of sp³-hybridized carbons (Fsp3) is 0.462. The van der Waals surface area contributed by atoms with Crippen molar-refractivity contribution in [2.24, 2.45) is 0 Å². The number of hydrogen-bond donors (Lipinski definition) is 2. The third kappa shape index (κ3) is 6.48. The highest BCUT2D eigenvalue weighted by molar-refractivity contribution is 5.72. The molecule has 0 radical (unpaired) electrons. The van der Waals surface area contributed by atoms with Crippen LogP contribution in [0, 0.1) is 0 Å². The molecule has 0 bridgehead atoms. The van der Waals surface area contributed by atoms with Gasteiger partial charge in [-0.2, -0.15) is 0 Å². The number of methoxy groups -OCH3 is 1. The van der Waals surface area contributed by atoms with E-state index < -0.39 is 6.09 Å². The first-order valence-corrected chi connectivity index (χ1v) is 11.6. The second-order valence-corrected chi connectivity index (χ2v) is 8.37. The summed E-state index contributed by atoms with van der Waals surface area (Å²) in [6.45, 7) is 2.84. The number of ether oxygens (including phenoxy) is 1. The predicted octanol–water partition coefficient (Wildman–Crippen LogP) is 4.00. The Labute approximate surface area is 195 Å². The lowest BCUT2D eigenvalue weighted by Gasteiger charge is -2.20. The van der Waals surface area contributed by atoms with E-state index in [1.807, 2.05) is 12.1 Å². The van der Waals surface area contributed by atoms with E-state index in [-0.39, 0.29) is 6.61 Å². The van der Waals surface area contributed by atoms with Gasteiger partial charge in [-0.05, 0) is 78.6 Å². The summed E-state index contributed by atoms with van der Waals surface area (Å²) >= 11 is 0. The second kappa shape index (κ2) is 12.3. The van der Waals surface area contributed by atoms with E-state index in [9.17, 15) is 14.7 Å². The lowest BCUT2D eigenvalue weighted by Crippen LogP contribution is -2.32. The number of rotatable bonds is 13. The largest absolute Gasteiger partial charge is 0.496 e. The van der Waals surface area contributed by atoms with Crippen LogP contribution in [0.1, 0.15) is 36.8 Å². The molecule has 33 heavy (non-hydrogen) atoms. The SMILES string of the molecule is COc1ccc(-c2ccc3c(c2)CCN3CCCO)cc1CCN(CCCCC=O)C(=O)O. The van der Waals surface area contributed by atoms with Gasteiger partial charge in [-0.3, -0.25) is 0 Å². The molecule has 1 heterocycles. The van der Waals surface area contributed by atoms with Gasteiger partial charge in [0.15, 0.2) is 0 Å². The molecular formula is C26H34N2O5. The highest BCUT2D eigenvalue weighted by Gasteiger charge is 2.19. The predicted molar refractivity (Wildman–Crippen MR) is 129 cm³/mol. The van der Waals surface area contributed by atoms with Gasteiger partial charge in [0.25, 0.3) is 0 Å². The van der Waals surface area contributed by atoms with E-state index in [4.69, 9.17) is 9.84 Å². The van der Waals surface area contributed by atoms with Crippen molar-refractivity contribution in [3.05, 3.63) is 47.5 Å². The first kappa shape index (κ1) is 24.6. The number of carboxylic acid groups (broad SMARTS) is 1. The first-order valence-electron chi connectivity index (χ1n) is 11.6. The summed E-state index contributed by atoms with van der Waals surface area (Å²) in [5, 5.41) is 18.7. The molecule has 1 amide bonds. The Morgan fingerprint density at radius 3 is 2.64 bits per heavy atom. The van der Waals surface area contributed by atoms with E-state index in [1.165, 1.54) is 16.2 Å². The summed E-state index contributed by atoms with van der Waals surface area (Å²) in [4.78, 5) is 25.8. The van der Waals surface area contributed by atoms with Crippen LogP contribution in [0.3, 0.4) is 0 Å². The Balaban J connectivity index is 1.73. The average Bonchev–Trinajstić information content (AvgIpc) is 3.24. The molecule has 7 heteroatoms. The van der Waals surface area contributed by atoms with Gasteiger partial charge in [-0.15, -0.1) is 0 Å². The molecule has 0 saturated carbocycles. The molecule has 0 saturated heterocycles. The Hall–Kier alpha value is -3.06. The van der Waals surface area contributed by atoms with Gasteiger partial charge in [0, 0.05) is 44.9 Å². The molecule has 0 aliphatic carbocycles. The molecule has 1 aliphatic heterocycles. The average molecular weight is 455 g/mol. The maximum Gasteiger partial charge on any atom is 0.407 e. The molecule has 2 aromatic carbocycles. The van der Waals surface area contributed by atoms with E-state index in [2.05, 4.69) is 29.2 Å². The Morgan fingerprint density at radius 1 is 1.12 bits per heavy atom. The van der Waals surface area contributed by atoms with Gasteiger partial charge < -0.3 is 29.5 Å². The molecule has 7 nitrogen and oxygen atoms in total. The first-order chi connectivity index (χ1) is 16.1. The van der Waals surface area contributed by atoms with Crippen molar-refractivity contribution in [2.75, 3.05) is 44.8 Å². The number of hydrogen-bond acceptors (Lipinski definition) is 5. The minimum atomic E-state index is -0.944. The summed E-state index contributed by atoms with van der Waals surface area (Å²) in [6, 6.07) is 12.6. The van der Waals surface area contributed by atoms with Gasteiger partial charge in [0.1, 0.15) is 12.0 Å². The second-order valence-electron chi connectivity index (χ2n) is 8.37. The third-order valence-electron chi connectivity index (χ3n) is 6.19. The monoisotopic (exact) mass is 454 g/mol. The number of benzene rings is 2. The fourth-order valence-electron chi connectivity index (χ4n) is 4.39. The number of amides is 1. The van der Waals surface area contributed by atoms with Crippen LogP contribution in [-0.4, -0.2) is 67.4 Å². The van der Waals surface area contributed by atoms with Crippen molar-refractivity contribution >= 4 is 18.1 Å².